The van der Waals surface area contributed by atoms with E-state index in [1.807, 2.05) is 0 Å². The quantitative estimate of drug-likeness (QED) is 0.729. The third-order valence-corrected chi connectivity index (χ3v) is 2.49. The Morgan fingerprint density at radius 1 is 1.47 bits per heavy atom. The van der Waals surface area contributed by atoms with Crippen molar-refractivity contribution in [2.75, 3.05) is 33.4 Å². The Morgan fingerprint density at radius 3 is 2.47 bits per heavy atom. The molecule has 0 aliphatic carbocycles. The van der Waals surface area contributed by atoms with E-state index in [2.05, 4.69) is 0 Å². The fourth-order valence-electron chi connectivity index (χ4n) is 1.34. The third-order valence-electron chi connectivity index (χ3n) is 2.49. The summed E-state index contributed by atoms with van der Waals surface area (Å²) in [4.78, 5) is 13.5. The lowest BCUT2D eigenvalue weighted by Crippen LogP contribution is -2.52. The molecule has 15 heavy (non-hydrogen) atoms. The summed E-state index contributed by atoms with van der Waals surface area (Å²) in [6, 6.07) is -0.571. The highest BCUT2D eigenvalue weighted by molar-refractivity contribution is 5.85. The minimum absolute atomic E-state index is 0. The molecule has 1 aliphatic heterocycles. The van der Waals surface area contributed by atoms with Gasteiger partial charge >= 0.3 is 0 Å². The minimum Gasteiger partial charge on any atom is -0.380 e. The zero-order chi connectivity index (χ0) is 10.6. The number of morpholine rings is 1. The fourth-order valence-corrected chi connectivity index (χ4v) is 1.34. The van der Waals surface area contributed by atoms with Gasteiger partial charge in [-0.25, -0.2) is 0 Å². The van der Waals surface area contributed by atoms with Crippen LogP contribution in [0, 0.1) is 0 Å². The summed E-state index contributed by atoms with van der Waals surface area (Å²) in [6.07, 6.45) is -0.245. The van der Waals surface area contributed by atoms with Crippen molar-refractivity contribution in [1.82, 2.24) is 4.90 Å². The molecule has 1 heterocycles. The Labute approximate surface area is 96.3 Å². The molecule has 2 N–H and O–H groups in total. The van der Waals surface area contributed by atoms with Crippen molar-refractivity contribution >= 4 is 18.3 Å². The molecule has 1 fully saturated rings. The van der Waals surface area contributed by atoms with Crippen molar-refractivity contribution in [1.29, 1.82) is 0 Å². The lowest BCUT2D eigenvalue weighted by molar-refractivity contribution is -0.139. The van der Waals surface area contributed by atoms with E-state index in [0.29, 0.717) is 26.3 Å². The van der Waals surface area contributed by atoms with E-state index in [0.717, 1.165) is 0 Å². The molecule has 0 aromatic heterocycles. The Bertz CT molecular complexity index is 194. The molecule has 0 saturated carbocycles. The van der Waals surface area contributed by atoms with Crippen LogP contribution in [-0.2, 0) is 14.3 Å². The molecule has 1 saturated heterocycles. The number of carbonyl (C=O) groups excluding carboxylic acids is 1. The Balaban J connectivity index is 0.00000196. The lowest BCUT2D eigenvalue weighted by atomic mass is 10.1. The minimum atomic E-state index is -0.571. The topological polar surface area (TPSA) is 64.8 Å². The number of hydrogen-bond donors (Lipinski definition) is 1. The first-order chi connectivity index (χ1) is 6.66. The van der Waals surface area contributed by atoms with Gasteiger partial charge in [-0.2, -0.15) is 0 Å². The van der Waals surface area contributed by atoms with Crippen LogP contribution >= 0.6 is 12.4 Å². The highest BCUT2D eigenvalue weighted by atomic mass is 35.5. The van der Waals surface area contributed by atoms with Gasteiger partial charge in [0.05, 0.1) is 19.3 Å². The van der Waals surface area contributed by atoms with E-state index >= 15 is 0 Å². The summed E-state index contributed by atoms with van der Waals surface area (Å²) >= 11 is 0. The standard InChI is InChI=1S/C9H18N2O3.ClH/c1-7(13-2)8(10)9(12)11-3-5-14-6-4-11;/h7-8H,3-6,10H2,1-2H3;1H/t7-,8?;/m1./s1. The van der Waals surface area contributed by atoms with Gasteiger partial charge < -0.3 is 20.1 Å². The first-order valence-electron chi connectivity index (χ1n) is 4.81. The van der Waals surface area contributed by atoms with Gasteiger partial charge in [0.15, 0.2) is 0 Å². The van der Waals surface area contributed by atoms with Crippen LogP contribution in [0.5, 0.6) is 0 Å². The van der Waals surface area contributed by atoms with Crippen LogP contribution < -0.4 is 5.73 Å². The summed E-state index contributed by atoms with van der Waals surface area (Å²) in [6.45, 7) is 4.24. The molecule has 1 rings (SSSR count). The summed E-state index contributed by atoms with van der Waals surface area (Å²) < 4.78 is 10.2. The molecule has 90 valence electrons. The second kappa shape index (κ2) is 7.00. The van der Waals surface area contributed by atoms with Gasteiger partial charge in [0.2, 0.25) is 5.91 Å². The maximum Gasteiger partial charge on any atom is 0.242 e. The number of carbonyl (C=O) groups is 1. The molecule has 0 aromatic rings. The number of nitrogens with two attached hydrogens (primary N) is 1. The lowest BCUT2D eigenvalue weighted by Gasteiger charge is -2.30. The molecule has 0 radical (unpaired) electrons. The predicted molar refractivity (Wildman–Crippen MR) is 59.1 cm³/mol. The van der Waals surface area contributed by atoms with Crippen LogP contribution in [-0.4, -0.2) is 56.4 Å². The van der Waals surface area contributed by atoms with Crippen molar-refractivity contribution in [2.24, 2.45) is 5.73 Å². The van der Waals surface area contributed by atoms with E-state index in [9.17, 15) is 4.79 Å². The van der Waals surface area contributed by atoms with Crippen molar-refractivity contribution in [2.45, 2.75) is 19.1 Å². The normalized spacial score (nSPS) is 20.3. The number of amides is 1. The van der Waals surface area contributed by atoms with Crippen LogP contribution in [0.15, 0.2) is 0 Å². The maximum absolute atomic E-state index is 11.8. The predicted octanol–water partition coefficient (Wildman–Crippen LogP) is -0.371. The van der Waals surface area contributed by atoms with Gasteiger partial charge in [0, 0.05) is 20.2 Å². The monoisotopic (exact) mass is 238 g/mol. The van der Waals surface area contributed by atoms with Gasteiger partial charge in [0.25, 0.3) is 0 Å². The van der Waals surface area contributed by atoms with Crippen molar-refractivity contribution in [3.05, 3.63) is 0 Å². The van der Waals surface area contributed by atoms with E-state index in [4.69, 9.17) is 15.2 Å². The smallest absolute Gasteiger partial charge is 0.242 e. The molecule has 1 unspecified atom stereocenters. The van der Waals surface area contributed by atoms with Gasteiger partial charge in [-0.1, -0.05) is 0 Å². The average molecular weight is 239 g/mol. The molecule has 0 spiro atoms. The van der Waals surface area contributed by atoms with Crippen molar-refractivity contribution < 1.29 is 14.3 Å². The second-order valence-corrected chi connectivity index (χ2v) is 3.40. The van der Waals surface area contributed by atoms with Crippen LogP contribution in [0.3, 0.4) is 0 Å². The molecule has 1 amide bonds. The summed E-state index contributed by atoms with van der Waals surface area (Å²) in [5, 5.41) is 0. The van der Waals surface area contributed by atoms with E-state index in [1.54, 1.807) is 18.9 Å². The van der Waals surface area contributed by atoms with Crippen LogP contribution in [0.2, 0.25) is 0 Å². The average Bonchev–Trinajstić information content (AvgIpc) is 2.27. The molecular formula is C9H19ClN2O3. The number of methoxy groups -OCH3 is 1. The number of halogens is 1. The molecular weight excluding hydrogens is 220 g/mol. The molecule has 0 bridgehead atoms. The molecule has 1 aliphatic rings. The number of rotatable bonds is 3. The van der Waals surface area contributed by atoms with Gasteiger partial charge in [0.1, 0.15) is 6.04 Å². The Hall–Kier alpha value is -0.360. The van der Waals surface area contributed by atoms with Crippen LogP contribution in [0.4, 0.5) is 0 Å². The van der Waals surface area contributed by atoms with Gasteiger partial charge in [-0.15, -0.1) is 12.4 Å². The number of nitrogens with zero attached hydrogens (tertiary/aromatic N) is 1. The Kier molecular flexibility index (Phi) is 6.84. The Morgan fingerprint density at radius 2 is 2.00 bits per heavy atom. The van der Waals surface area contributed by atoms with Crippen molar-refractivity contribution in [3.63, 3.8) is 0 Å². The van der Waals surface area contributed by atoms with Crippen molar-refractivity contribution in [3.8, 4) is 0 Å². The largest absolute Gasteiger partial charge is 0.380 e. The SMILES string of the molecule is CO[C@H](C)C(N)C(=O)N1CCOCC1.Cl. The van der Waals surface area contributed by atoms with Crippen LogP contribution in [0.1, 0.15) is 6.92 Å². The van der Waals surface area contributed by atoms with E-state index < -0.39 is 6.04 Å². The zero-order valence-corrected chi connectivity index (χ0v) is 9.96. The first-order valence-corrected chi connectivity index (χ1v) is 4.81. The van der Waals surface area contributed by atoms with Crippen LogP contribution in [0.25, 0.3) is 0 Å². The molecule has 6 heteroatoms. The van der Waals surface area contributed by atoms with E-state index in [-0.39, 0.29) is 24.4 Å². The van der Waals surface area contributed by atoms with E-state index in [1.165, 1.54) is 0 Å². The highest BCUT2D eigenvalue weighted by Gasteiger charge is 2.26. The molecule has 2 atom stereocenters. The molecule has 5 nitrogen and oxygen atoms in total. The summed E-state index contributed by atoms with van der Waals surface area (Å²) in [7, 11) is 1.55. The maximum atomic E-state index is 11.8. The number of hydrogen-bond acceptors (Lipinski definition) is 4. The van der Waals surface area contributed by atoms with Gasteiger partial charge in [-0.3, -0.25) is 4.79 Å². The zero-order valence-electron chi connectivity index (χ0n) is 9.14. The second-order valence-electron chi connectivity index (χ2n) is 3.40. The summed E-state index contributed by atoms with van der Waals surface area (Å²) in [5.74, 6) is -0.0531. The molecule has 0 aromatic carbocycles. The van der Waals surface area contributed by atoms with Gasteiger partial charge in [-0.05, 0) is 6.92 Å². The first kappa shape index (κ1) is 14.6. The third kappa shape index (κ3) is 3.95. The number of ether oxygens (including phenoxy) is 2. The fraction of sp³-hybridized carbons (Fsp3) is 0.889. The summed E-state index contributed by atoms with van der Waals surface area (Å²) in [5.41, 5.74) is 5.75. The highest BCUT2D eigenvalue weighted by Crippen LogP contribution is 2.03.